The molecule has 0 aliphatic heterocycles. The molecule has 19 heavy (non-hydrogen) atoms. The van der Waals surface area contributed by atoms with Gasteiger partial charge in [-0.05, 0) is 31.2 Å². The molecule has 1 aliphatic carbocycles. The van der Waals surface area contributed by atoms with Gasteiger partial charge in [-0.2, -0.15) is 0 Å². The normalized spacial score (nSPS) is 15.2. The molecule has 1 heterocycles. The summed E-state index contributed by atoms with van der Waals surface area (Å²) in [6.45, 7) is 0.586. The average Bonchev–Trinajstić information content (AvgIpc) is 2.66. The van der Waals surface area contributed by atoms with E-state index in [9.17, 15) is 0 Å². The second kappa shape index (κ2) is 5.17. The van der Waals surface area contributed by atoms with Crippen molar-refractivity contribution in [3.8, 4) is 0 Å². The quantitative estimate of drug-likeness (QED) is 0.839. The maximum atomic E-state index is 6.39. The highest BCUT2D eigenvalue weighted by Gasteiger charge is 2.16. The van der Waals surface area contributed by atoms with E-state index in [4.69, 9.17) is 15.5 Å². The molecule has 1 aliphatic rings. The lowest BCUT2D eigenvalue weighted by Gasteiger charge is -2.14. The summed E-state index contributed by atoms with van der Waals surface area (Å²) >= 11 is 0. The summed E-state index contributed by atoms with van der Waals surface area (Å²) in [4.78, 5) is 4.90. The van der Waals surface area contributed by atoms with Crippen molar-refractivity contribution in [3.63, 3.8) is 0 Å². The number of aryl methyl sites for hydroxylation is 1. The number of nitrogens with two attached hydrogens (primary N) is 1. The fourth-order valence-electron chi connectivity index (χ4n) is 2.99. The van der Waals surface area contributed by atoms with Crippen molar-refractivity contribution in [1.82, 2.24) is 4.98 Å². The number of nitrogen functional groups attached to an aromatic ring is 1. The third kappa shape index (κ3) is 2.19. The van der Waals surface area contributed by atoms with Gasteiger partial charge in [0, 0.05) is 29.4 Å². The van der Waals surface area contributed by atoms with Crippen LogP contribution in [-0.4, -0.2) is 12.1 Å². The second-order valence-corrected chi connectivity index (χ2v) is 5.26. The van der Waals surface area contributed by atoms with E-state index in [1.54, 1.807) is 7.11 Å². The van der Waals surface area contributed by atoms with Crippen LogP contribution in [0, 0.1) is 0 Å². The van der Waals surface area contributed by atoms with Crippen LogP contribution < -0.4 is 5.73 Å². The van der Waals surface area contributed by atoms with Crippen molar-refractivity contribution < 1.29 is 4.74 Å². The molecule has 0 fully saturated rings. The van der Waals surface area contributed by atoms with Crippen LogP contribution in [0.1, 0.15) is 36.1 Å². The number of rotatable bonds is 2. The van der Waals surface area contributed by atoms with E-state index in [0.717, 1.165) is 35.0 Å². The smallest absolute Gasteiger partial charge is 0.0781 e. The van der Waals surface area contributed by atoms with Crippen LogP contribution in [0.3, 0.4) is 0 Å². The zero-order valence-electron chi connectivity index (χ0n) is 11.4. The zero-order valence-corrected chi connectivity index (χ0v) is 11.4. The summed E-state index contributed by atoms with van der Waals surface area (Å²) in [6.07, 6.45) is 5.84. The van der Waals surface area contributed by atoms with Crippen molar-refractivity contribution in [2.45, 2.75) is 38.7 Å². The lowest BCUT2D eigenvalue weighted by atomic mass is 10.0. The number of nitrogens with zero attached hydrogens (tertiary/aromatic N) is 1. The third-order valence-electron chi connectivity index (χ3n) is 3.97. The Kier molecular flexibility index (Phi) is 3.38. The summed E-state index contributed by atoms with van der Waals surface area (Å²) in [7, 11) is 1.71. The molecule has 2 aromatic rings. The van der Waals surface area contributed by atoms with Crippen molar-refractivity contribution in [3.05, 3.63) is 35.0 Å². The lowest BCUT2D eigenvalue weighted by Crippen LogP contribution is -2.04. The summed E-state index contributed by atoms with van der Waals surface area (Å²) in [6, 6.07) is 6.18. The highest BCUT2D eigenvalue weighted by atomic mass is 16.5. The lowest BCUT2D eigenvalue weighted by molar-refractivity contribution is 0.186. The summed E-state index contributed by atoms with van der Waals surface area (Å²) < 4.78 is 5.26. The molecule has 3 rings (SSSR count). The van der Waals surface area contributed by atoms with Crippen LogP contribution in [0.2, 0.25) is 0 Å². The van der Waals surface area contributed by atoms with Crippen molar-refractivity contribution in [2.24, 2.45) is 0 Å². The van der Waals surface area contributed by atoms with Gasteiger partial charge < -0.3 is 10.5 Å². The van der Waals surface area contributed by atoms with E-state index in [2.05, 4.69) is 12.1 Å². The van der Waals surface area contributed by atoms with Crippen LogP contribution in [-0.2, 0) is 24.2 Å². The van der Waals surface area contributed by atoms with E-state index in [1.807, 2.05) is 6.07 Å². The molecule has 0 bridgehead atoms. The van der Waals surface area contributed by atoms with Crippen LogP contribution in [0.4, 0.5) is 5.69 Å². The molecule has 3 nitrogen and oxygen atoms in total. The van der Waals surface area contributed by atoms with Gasteiger partial charge in [0.25, 0.3) is 0 Å². The first-order valence-electron chi connectivity index (χ1n) is 6.99. The largest absolute Gasteiger partial charge is 0.398 e. The molecule has 0 saturated carbocycles. The zero-order chi connectivity index (χ0) is 13.2. The minimum absolute atomic E-state index is 0.586. The number of fused-ring (bicyclic) bond motifs is 2. The fraction of sp³-hybridized carbons (Fsp3) is 0.438. The minimum atomic E-state index is 0.586. The van der Waals surface area contributed by atoms with Gasteiger partial charge in [-0.15, -0.1) is 0 Å². The van der Waals surface area contributed by atoms with E-state index < -0.39 is 0 Å². The standard InChI is InChI=1S/C16H20N2O/c1-19-10-11-6-5-8-13-15(17)12-7-3-2-4-9-14(12)18-16(11)13/h5-6,8H,2-4,7,9-10H2,1H3,(H2,17,18). The number of aromatic nitrogens is 1. The number of benzene rings is 1. The highest BCUT2D eigenvalue weighted by Crippen LogP contribution is 2.31. The van der Waals surface area contributed by atoms with Crippen molar-refractivity contribution in [2.75, 3.05) is 12.8 Å². The van der Waals surface area contributed by atoms with Crippen molar-refractivity contribution >= 4 is 16.6 Å². The van der Waals surface area contributed by atoms with Crippen molar-refractivity contribution in [1.29, 1.82) is 0 Å². The van der Waals surface area contributed by atoms with Crippen LogP contribution >= 0.6 is 0 Å². The SMILES string of the molecule is COCc1cccc2c(N)c3c(nc12)CCCCC3. The summed E-state index contributed by atoms with van der Waals surface area (Å²) in [5.74, 6) is 0. The Morgan fingerprint density at radius 2 is 2.05 bits per heavy atom. The van der Waals surface area contributed by atoms with Gasteiger partial charge in [-0.3, -0.25) is 4.98 Å². The maximum Gasteiger partial charge on any atom is 0.0781 e. The Bertz CT molecular complexity index is 607. The molecular formula is C16H20N2O. The Morgan fingerprint density at radius 1 is 1.21 bits per heavy atom. The molecule has 2 N–H and O–H groups in total. The van der Waals surface area contributed by atoms with Crippen LogP contribution in [0.5, 0.6) is 0 Å². The fourth-order valence-corrected chi connectivity index (χ4v) is 2.99. The molecular weight excluding hydrogens is 236 g/mol. The Balaban J connectivity index is 2.24. The monoisotopic (exact) mass is 256 g/mol. The van der Waals surface area contributed by atoms with Gasteiger partial charge in [0.2, 0.25) is 0 Å². The molecule has 0 spiro atoms. The molecule has 1 aromatic carbocycles. The molecule has 100 valence electrons. The van der Waals surface area contributed by atoms with Gasteiger partial charge in [0.1, 0.15) is 0 Å². The molecule has 0 saturated heterocycles. The average molecular weight is 256 g/mol. The Hall–Kier alpha value is -1.61. The Morgan fingerprint density at radius 3 is 2.89 bits per heavy atom. The number of ether oxygens (including phenoxy) is 1. The second-order valence-electron chi connectivity index (χ2n) is 5.26. The third-order valence-corrected chi connectivity index (χ3v) is 3.97. The van der Waals surface area contributed by atoms with Gasteiger partial charge in [0.05, 0.1) is 12.1 Å². The van der Waals surface area contributed by atoms with E-state index >= 15 is 0 Å². The predicted molar refractivity (Wildman–Crippen MR) is 78.1 cm³/mol. The number of para-hydroxylation sites is 1. The summed E-state index contributed by atoms with van der Waals surface area (Å²) in [5, 5.41) is 1.08. The molecule has 0 amide bonds. The predicted octanol–water partition coefficient (Wildman–Crippen LogP) is 3.23. The van der Waals surface area contributed by atoms with Gasteiger partial charge in [-0.1, -0.05) is 24.6 Å². The van der Waals surface area contributed by atoms with Gasteiger partial charge >= 0.3 is 0 Å². The van der Waals surface area contributed by atoms with Gasteiger partial charge in [-0.25, -0.2) is 0 Å². The van der Waals surface area contributed by atoms with Gasteiger partial charge in [0.15, 0.2) is 0 Å². The Labute approximate surface area is 113 Å². The summed E-state index contributed by atoms with van der Waals surface area (Å²) in [5.41, 5.74) is 11.9. The molecule has 0 radical (unpaired) electrons. The highest BCUT2D eigenvalue weighted by molar-refractivity contribution is 5.94. The number of anilines is 1. The maximum absolute atomic E-state index is 6.39. The first-order valence-corrected chi connectivity index (χ1v) is 6.99. The van der Waals surface area contributed by atoms with Crippen LogP contribution in [0.25, 0.3) is 10.9 Å². The molecule has 3 heteroatoms. The first-order chi connectivity index (χ1) is 9.31. The number of hydrogen-bond donors (Lipinski definition) is 1. The van der Waals surface area contributed by atoms with E-state index in [-0.39, 0.29) is 0 Å². The van der Waals surface area contributed by atoms with Crippen LogP contribution in [0.15, 0.2) is 18.2 Å². The molecule has 0 atom stereocenters. The minimum Gasteiger partial charge on any atom is -0.398 e. The molecule has 1 aromatic heterocycles. The van der Waals surface area contributed by atoms with E-state index in [1.165, 1.54) is 30.5 Å². The number of hydrogen-bond acceptors (Lipinski definition) is 3. The topological polar surface area (TPSA) is 48.1 Å². The number of methoxy groups -OCH3 is 1. The first kappa shape index (κ1) is 12.4. The number of pyridine rings is 1. The van der Waals surface area contributed by atoms with E-state index in [0.29, 0.717) is 6.61 Å². The molecule has 0 unspecified atom stereocenters.